The van der Waals surface area contributed by atoms with Crippen molar-refractivity contribution in [1.29, 1.82) is 0 Å². The molecule has 0 atom stereocenters. The summed E-state index contributed by atoms with van der Waals surface area (Å²) in [7, 11) is -7.46. The third-order valence-electron chi connectivity index (χ3n) is 5.54. The van der Waals surface area contributed by atoms with Crippen molar-refractivity contribution < 1.29 is 26.6 Å². The third-order valence-corrected chi connectivity index (χ3v) is 8.67. The zero-order chi connectivity index (χ0) is 24.6. The van der Waals surface area contributed by atoms with Gasteiger partial charge in [-0.05, 0) is 42.7 Å². The molecule has 1 aliphatic heterocycles. The number of nitro groups is 1. The number of hydrogen-bond donors (Lipinski definition) is 0. The fraction of sp³-hybridized carbons (Fsp3) is 0.381. The van der Waals surface area contributed by atoms with Crippen LogP contribution in [0.25, 0.3) is 0 Å². The monoisotopic (exact) mass is 495 g/mol. The van der Waals surface area contributed by atoms with Crippen LogP contribution in [0.15, 0.2) is 46.2 Å². The zero-order valence-corrected chi connectivity index (χ0v) is 20.1. The van der Waals surface area contributed by atoms with Crippen molar-refractivity contribution in [3.63, 3.8) is 0 Å². The summed E-state index contributed by atoms with van der Waals surface area (Å²) in [5.74, 6) is -0.594. The van der Waals surface area contributed by atoms with Gasteiger partial charge in [0.1, 0.15) is 0 Å². The number of rotatable bonds is 7. The molecule has 33 heavy (non-hydrogen) atoms. The molecule has 0 aromatic heterocycles. The number of anilines is 1. The predicted molar refractivity (Wildman–Crippen MR) is 123 cm³/mol. The van der Waals surface area contributed by atoms with Gasteiger partial charge in [-0.25, -0.2) is 16.8 Å². The van der Waals surface area contributed by atoms with Crippen LogP contribution in [-0.4, -0.2) is 57.9 Å². The topological polar surface area (TPSA) is 135 Å². The van der Waals surface area contributed by atoms with E-state index in [1.165, 1.54) is 15.3 Å². The minimum Gasteiger partial charge on any atom is -0.308 e. The van der Waals surface area contributed by atoms with E-state index in [-0.39, 0.29) is 15.4 Å². The molecule has 0 fully saturated rings. The molecule has 3 rings (SSSR count). The highest BCUT2D eigenvalue weighted by Gasteiger charge is 2.29. The van der Waals surface area contributed by atoms with Gasteiger partial charge < -0.3 is 4.90 Å². The fourth-order valence-corrected chi connectivity index (χ4v) is 6.02. The number of carbonyl (C=O) groups is 1. The smallest absolute Gasteiger partial charge is 0.271 e. The molecule has 0 N–H and O–H groups in total. The van der Waals surface area contributed by atoms with E-state index in [2.05, 4.69) is 0 Å². The number of aryl methyl sites for hydroxylation is 1. The summed E-state index contributed by atoms with van der Waals surface area (Å²) in [6.45, 7) is 4.48. The molecule has 0 radical (unpaired) electrons. The average molecular weight is 496 g/mol. The molecular formula is C21H25N3O7S2. The van der Waals surface area contributed by atoms with Crippen LogP contribution >= 0.6 is 0 Å². The lowest BCUT2D eigenvalue weighted by atomic mass is 10.0. The Balaban J connectivity index is 2.05. The summed E-state index contributed by atoms with van der Waals surface area (Å²) in [6, 6.07) is 7.63. The van der Waals surface area contributed by atoms with Crippen LogP contribution in [0.5, 0.6) is 0 Å². The Bertz CT molecular complexity index is 1320. The van der Waals surface area contributed by atoms with Crippen molar-refractivity contribution >= 4 is 37.1 Å². The van der Waals surface area contributed by atoms with Crippen molar-refractivity contribution in [1.82, 2.24) is 4.31 Å². The first-order valence-corrected chi connectivity index (χ1v) is 13.7. The summed E-state index contributed by atoms with van der Waals surface area (Å²) in [5.41, 5.74) is 0.533. The van der Waals surface area contributed by atoms with E-state index in [9.17, 15) is 31.7 Å². The second-order valence-electron chi connectivity index (χ2n) is 7.69. The van der Waals surface area contributed by atoms with E-state index < -0.39 is 36.4 Å². The Hall–Kier alpha value is -2.83. The quantitative estimate of drug-likeness (QED) is 0.425. The van der Waals surface area contributed by atoms with Gasteiger partial charge in [0.05, 0.1) is 14.7 Å². The lowest BCUT2D eigenvalue weighted by Crippen LogP contribution is -2.36. The van der Waals surface area contributed by atoms with E-state index in [0.29, 0.717) is 43.7 Å². The lowest BCUT2D eigenvalue weighted by molar-refractivity contribution is -0.385. The van der Waals surface area contributed by atoms with Gasteiger partial charge in [-0.15, -0.1) is 0 Å². The molecule has 12 heteroatoms. The first-order valence-electron chi connectivity index (χ1n) is 10.3. The molecule has 10 nitrogen and oxygen atoms in total. The predicted octanol–water partition coefficient (Wildman–Crippen LogP) is 2.62. The Morgan fingerprint density at radius 1 is 1.06 bits per heavy atom. The molecule has 1 amide bonds. The molecule has 2 aromatic carbocycles. The van der Waals surface area contributed by atoms with E-state index in [1.807, 2.05) is 0 Å². The first-order chi connectivity index (χ1) is 15.4. The van der Waals surface area contributed by atoms with Crippen molar-refractivity contribution in [3.05, 3.63) is 57.6 Å². The van der Waals surface area contributed by atoms with Gasteiger partial charge >= 0.3 is 0 Å². The second kappa shape index (κ2) is 9.20. The minimum absolute atomic E-state index is 0.127. The Morgan fingerprint density at radius 3 is 2.30 bits per heavy atom. The highest BCUT2D eigenvalue weighted by atomic mass is 32.2. The summed E-state index contributed by atoms with van der Waals surface area (Å²) >= 11 is 0. The van der Waals surface area contributed by atoms with Crippen molar-refractivity contribution in [2.45, 2.75) is 36.5 Å². The van der Waals surface area contributed by atoms with Gasteiger partial charge in [-0.2, -0.15) is 4.31 Å². The SMILES string of the molecule is CCN(CC)S(=O)(=O)c1ccc2c(c1)CCCN2C(=O)c1cc([N+](=O)[O-])cc(S(C)(=O)=O)c1. The van der Waals surface area contributed by atoms with Crippen molar-refractivity contribution in [3.8, 4) is 0 Å². The molecular weight excluding hydrogens is 470 g/mol. The van der Waals surface area contributed by atoms with Crippen LogP contribution < -0.4 is 4.90 Å². The summed E-state index contributed by atoms with van der Waals surface area (Å²) in [5, 5.41) is 11.3. The van der Waals surface area contributed by atoms with Gasteiger partial charge in [0, 0.05) is 49.3 Å². The molecule has 0 unspecified atom stereocenters. The molecule has 0 spiro atoms. The molecule has 0 saturated carbocycles. The first kappa shape index (κ1) is 24.8. The lowest BCUT2D eigenvalue weighted by Gasteiger charge is -2.30. The minimum atomic E-state index is -3.79. The van der Waals surface area contributed by atoms with Gasteiger partial charge in [-0.3, -0.25) is 14.9 Å². The van der Waals surface area contributed by atoms with Crippen LogP contribution in [-0.2, 0) is 26.3 Å². The zero-order valence-electron chi connectivity index (χ0n) is 18.5. The number of non-ortho nitro benzene ring substituents is 1. The molecule has 1 heterocycles. The average Bonchev–Trinajstić information content (AvgIpc) is 2.77. The molecule has 178 valence electrons. The normalized spacial score (nSPS) is 14.2. The van der Waals surface area contributed by atoms with E-state index in [0.717, 1.165) is 24.5 Å². The molecule has 0 aliphatic carbocycles. The van der Waals surface area contributed by atoms with Crippen LogP contribution in [0.1, 0.15) is 36.2 Å². The number of fused-ring (bicyclic) bond motifs is 1. The molecule has 1 aliphatic rings. The molecule has 0 saturated heterocycles. The number of sulfonamides is 1. The summed E-state index contributed by atoms with van der Waals surface area (Å²) in [4.78, 5) is 25.0. The largest absolute Gasteiger partial charge is 0.308 e. The number of nitro benzene ring substituents is 1. The van der Waals surface area contributed by atoms with Gasteiger partial charge in [0.2, 0.25) is 10.0 Å². The highest BCUT2D eigenvalue weighted by molar-refractivity contribution is 7.90. The van der Waals surface area contributed by atoms with Crippen LogP contribution in [0.4, 0.5) is 11.4 Å². The maximum atomic E-state index is 13.3. The fourth-order valence-electron chi connectivity index (χ4n) is 3.84. The summed E-state index contributed by atoms with van der Waals surface area (Å²) in [6.07, 6.45) is 2.03. The van der Waals surface area contributed by atoms with Crippen LogP contribution in [0.2, 0.25) is 0 Å². The van der Waals surface area contributed by atoms with Crippen molar-refractivity contribution in [2.75, 3.05) is 30.8 Å². The van der Waals surface area contributed by atoms with Crippen molar-refractivity contribution in [2.24, 2.45) is 0 Å². The van der Waals surface area contributed by atoms with Crippen LogP contribution in [0.3, 0.4) is 0 Å². The number of benzene rings is 2. The van der Waals surface area contributed by atoms with Gasteiger partial charge in [0.15, 0.2) is 9.84 Å². The van der Waals surface area contributed by atoms with Gasteiger partial charge in [-0.1, -0.05) is 13.8 Å². The molecule has 2 aromatic rings. The number of hydrogen-bond acceptors (Lipinski definition) is 7. The number of amides is 1. The van der Waals surface area contributed by atoms with E-state index >= 15 is 0 Å². The molecule has 0 bridgehead atoms. The van der Waals surface area contributed by atoms with Gasteiger partial charge in [0.25, 0.3) is 11.6 Å². The number of sulfone groups is 1. The maximum absolute atomic E-state index is 13.3. The highest BCUT2D eigenvalue weighted by Crippen LogP contribution is 2.32. The van der Waals surface area contributed by atoms with E-state index in [1.54, 1.807) is 26.0 Å². The van der Waals surface area contributed by atoms with Crippen LogP contribution in [0, 0.1) is 10.1 Å². The Kier molecular flexibility index (Phi) is 6.91. The second-order valence-corrected chi connectivity index (χ2v) is 11.6. The number of carbonyl (C=O) groups excluding carboxylic acids is 1. The summed E-state index contributed by atoms with van der Waals surface area (Å²) < 4.78 is 51.1. The maximum Gasteiger partial charge on any atom is 0.271 e. The standard InChI is InChI=1S/C21H25N3O7S2/c1-4-22(5-2)33(30,31)18-8-9-20-15(12-18)7-6-10-23(20)21(25)16-11-17(24(26)27)14-19(13-16)32(3,28)29/h8-9,11-14H,4-7,10H2,1-3H3. The Morgan fingerprint density at radius 2 is 1.73 bits per heavy atom. The Labute approximate surface area is 192 Å². The third kappa shape index (κ3) is 4.92. The number of nitrogens with zero attached hydrogens (tertiary/aromatic N) is 3. The van der Waals surface area contributed by atoms with E-state index in [4.69, 9.17) is 0 Å².